The molecule has 2 heteroatoms. The molecule has 26 heavy (non-hydrogen) atoms. The van der Waals surface area contributed by atoms with E-state index in [1.165, 1.54) is 57.8 Å². The van der Waals surface area contributed by atoms with Crippen molar-refractivity contribution in [1.82, 2.24) is 0 Å². The summed E-state index contributed by atoms with van der Waals surface area (Å²) in [4.78, 5) is 0. The van der Waals surface area contributed by atoms with Gasteiger partial charge in [-0.2, -0.15) is 0 Å². The minimum Gasteiger partial charge on any atom is -0.393 e. The Balaban J connectivity index is 1.64. The Morgan fingerprint density at radius 1 is 0.962 bits per heavy atom. The Bertz CT molecular complexity index is 526. The van der Waals surface area contributed by atoms with E-state index in [1.807, 2.05) is 6.92 Å². The first kappa shape index (κ1) is 19.2. The van der Waals surface area contributed by atoms with E-state index in [-0.39, 0.29) is 6.10 Å². The second-order valence-corrected chi connectivity index (χ2v) is 11.3. The molecule has 0 radical (unpaired) electrons. The van der Waals surface area contributed by atoms with E-state index in [1.54, 1.807) is 0 Å². The molecular formula is C24H42O2. The zero-order valence-corrected chi connectivity index (χ0v) is 17.6. The van der Waals surface area contributed by atoms with Crippen LogP contribution in [0.2, 0.25) is 0 Å². The summed E-state index contributed by atoms with van der Waals surface area (Å²) in [5, 5.41) is 21.2. The summed E-state index contributed by atoms with van der Waals surface area (Å²) >= 11 is 0. The average molecular weight is 363 g/mol. The number of fused-ring (bicyclic) bond motifs is 5. The minimum atomic E-state index is -0.428. The minimum absolute atomic E-state index is 0.146. The van der Waals surface area contributed by atoms with Gasteiger partial charge in [0.1, 0.15) is 0 Å². The SMILES string of the molecule is CCC[C@]12CC[C@@](C)(O)C[C@H]1CC[C@H]1[C@@H]3CC[C@H]([C@H](C)O)[C@@]3(C)CC[C@@H]12. The molecule has 4 fully saturated rings. The summed E-state index contributed by atoms with van der Waals surface area (Å²) in [5.74, 6) is 3.84. The topological polar surface area (TPSA) is 40.5 Å². The lowest BCUT2D eigenvalue weighted by molar-refractivity contribution is -0.160. The highest BCUT2D eigenvalue weighted by molar-refractivity contribution is 5.11. The van der Waals surface area contributed by atoms with Crippen molar-refractivity contribution in [2.45, 2.75) is 110 Å². The molecule has 0 heterocycles. The number of aliphatic hydroxyl groups excluding tert-OH is 1. The molecule has 4 aliphatic carbocycles. The van der Waals surface area contributed by atoms with Gasteiger partial charge in [0, 0.05) is 0 Å². The molecule has 0 amide bonds. The number of hydrogen-bond acceptors (Lipinski definition) is 2. The van der Waals surface area contributed by atoms with Gasteiger partial charge in [0.2, 0.25) is 0 Å². The van der Waals surface area contributed by atoms with Crippen LogP contribution in [-0.2, 0) is 0 Å². The van der Waals surface area contributed by atoms with Crippen LogP contribution >= 0.6 is 0 Å². The Kier molecular flexibility index (Phi) is 4.79. The summed E-state index contributed by atoms with van der Waals surface area (Å²) in [5.41, 5.74) is 0.447. The Labute approximate surface area is 161 Å². The molecule has 0 saturated heterocycles. The van der Waals surface area contributed by atoms with Crippen molar-refractivity contribution in [1.29, 1.82) is 0 Å². The fourth-order valence-corrected chi connectivity index (χ4v) is 9.03. The van der Waals surface area contributed by atoms with Crippen molar-refractivity contribution in [3.05, 3.63) is 0 Å². The van der Waals surface area contributed by atoms with E-state index in [0.717, 1.165) is 36.5 Å². The van der Waals surface area contributed by atoms with Crippen molar-refractivity contribution in [3.8, 4) is 0 Å². The van der Waals surface area contributed by atoms with Gasteiger partial charge in [-0.3, -0.25) is 0 Å². The van der Waals surface area contributed by atoms with Crippen LogP contribution in [-0.4, -0.2) is 21.9 Å². The molecule has 2 N–H and O–H groups in total. The van der Waals surface area contributed by atoms with E-state index in [0.29, 0.717) is 16.7 Å². The Morgan fingerprint density at radius 3 is 2.42 bits per heavy atom. The predicted molar refractivity (Wildman–Crippen MR) is 107 cm³/mol. The standard InChI is InChI=1S/C24H42O2/c1-5-11-24-14-13-22(3,26)15-17(24)6-7-18-20-9-8-19(16(2)25)23(20,4)12-10-21(18)24/h16-21,25-26H,5-15H2,1-4H3/t16-,17+,18-,19+,20-,21-,22+,23+,24-/m0/s1. The van der Waals surface area contributed by atoms with Crippen LogP contribution in [0.4, 0.5) is 0 Å². The fraction of sp³-hybridized carbons (Fsp3) is 1.00. The van der Waals surface area contributed by atoms with Crippen LogP contribution in [0.1, 0.15) is 98.3 Å². The number of hydrogen-bond donors (Lipinski definition) is 2. The van der Waals surface area contributed by atoms with Crippen LogP contribution in [0.3, 0.4) is 0 Å². The molecule has 0 aliphatic heterocycles. The van der Waals surface area contributed by atoms with E-state index >= 15 is 0 Å². The summed E-state index contributed by atoms with van der Waals surface area (Å²) in [6.45, 7) is 9.00. The molecule has 4 aliphatic rings. The van der Waals surface area contributed by atoms with E-state index in [4.69, 9.17) is 0 Å². The zero-order valence-electron chi connectivity index (χ0n) is 17.6. The van der Waals surface area contributed by atoms with Gasteiger partial charge in [0.25, 0.3) is 0 Å². The van der Waals surface area contributed by atoms with Gasteiger partial charge in [-0.15, -0.1) is 0 Å². The van der Waals surface area contributed by atoms with Crippen LogP contribution in [0.15, 0.2) is 0 Å². The lowest BCUT2D eigenvalue weighted by Crippen LogP contribution is -2.56. The van der Waals surface area contributed by atoms with Gasteiger partial charge in [-0.25, -0.2) is 0 Å². The molecule has 4 saturated carbocycles. The molecule has 2 nitrogen and oxygen atoms in total. The van der Waals surface area contributed by atoms with Gasteiger partial charge in [0.05, 0.1) is 11.7 Å². The van der Waals surface area contributed by atoms with Gasteiger partial charge in [0.15, 0.2) is 0 Å². The number of aliphatic hydroxyl groups is 2. The van der Waals surface area contributed by atoms with Gasteiger partial charge in [-0.1, -0.05) is 20.3 Å². The van der Waals surface area contributed by atoms with E-state index in [9.17, 15) is 10.2 Å². The second-order valence-electron chi connectivity index (χ2n) is 11.3. The first-order valence-electron chi connectivity index (χ1n) is 11.6. The largest absolute Gasteiger partial charge is 0.393 e. The Morgan fingerprint density at radius 2 is 1.73 bits per heavy atom. The Hall–Kier alpha value is -0.0800. The third kappa shape index (κ3) is 2.72. The summed E-state index contributed by atoms with van der Waals surface area (Å²) in [7, 11) is 0. The van der Waals surface area contributed by atoms with Gasteiger partial charge < -0.3 is 10.2 Å². The molecule has 150 valence electrons. The van der Waals surface area contributed by atoms with Crippen molar-refractivity contribution < 1.29 is 10.2 Å². The molecule has 0 bridgehead atoms. The van der Waals surface area contributed by atoms with Crippen LogP contribution in [0.25, 0.3) is 0 Å². The highest BCUT2D eigenvalue weighted by atomic mass is 16.3. The smallest absolute Gasteiger partial charge is 0.0622 e. The summed E-state index contributed by atoms with van der Waals surface area (Å²) in [6.07, 6.45) is 13.8. The van der Waals surface area contributed by atoms with E-state index in [2.05, 4.69) is 20.8 Å². The van der Waals surface area contributed by atoms with Gasteiger partial charge >= 0.3 is 0 Å². The monoisotopic (exact) mass is 362 g/mol. The molecular weight excluding hydrogens is 320 g/mol. The molecule has 0 unspecified atom stereocenters. The molecule has 9 atom stereocenters. The van der Waals surface area contributed by atoms with Crippen molar-refractivity contribution >= 4 is 0 Å². The van der Waals surface area contributed by atoms with Crippen LogP contribution in [0, 0.1) is 40.4 Å². The molecule has 0 spiro atoms. The summed E-state index contributed by atoms with van der Waals surface area (Å²) < 4.78 is 0. The quantitative estimate of drug-likeness (QED) is 0.690. The highest BCUT2D eigenvalue weighted by Gasteiger charge is 2.62. The number of rotatable bonds is 3. The third-order valence-corrected chi connectivity index (χ3v) is 10.0. The van der Waals surface area contributed by atoms with Crippen molar-refractivity contribution in [3.63, 3.8) is 0 Å². The lowest BCUT2D eigenvalue weighted by Gasteiger charge is -2.63. The molecule has 0 aromatic heterocycles. The fourth-order valence-electron chi connectivity index (χ4n) is 9.03. The van der Waals surface area contributed by atoms with E-state index < -0.39 is 5.60 Å². The summed E-state index contributed by atoms with van der Waals surface area (Å²) in [6, 6.07) is 0. The molecule has 0 aromatic rings. The first-order valence-corrected chi connectivity index (χ1v) is 11.6. The first-order chi connectivity index (χ1) is 12.2. The van der Waals surface area contributed by atoms with Crippen LogP contribution < -0.4 is 0 Å². The average Bonchev–Trinajstić information content (AvgIpc) is 2.92. The zero-order chi connectivity index (χ0) is 18.7. The maximum absolute atomic E-state index is 10.8. The maximum Gasteiger partial charge on any atom is 0.0622 e. The predicted octanol–water partition coefficient (Wildman–Crippen LogP) is 5.56. The van der Waals surface area contributed by atoms with Crippen molar-refractivity contribution in [2.75, 3.05) is 0 Å². The molecule has 4 rings (SSSR count). The molecule has 0 aromatic carbocycles. The second kappa shape index (κ2) is 6.48. The normalized spacial score (nSPS) is 54.9. The maximum atomic E-state index is 10.8. The third-order valence-electron chi connectivity index (χ3n) is 10.0. The van der Waals surface area contributed by atoms with Crippen molar-refractivity contribution in [2.24, 2.45) is 40.4 Å². The lowest BCUT2D eigenvalue weighted by atomic mass is 9.42. The highest BCUT2D eigenvalue weighted by Crippen LogP contribution is 2.69. The van der Waals surface area contributed by atoms with Gasteiger partial charge in [-0.05, 0) is 118 Å². The van der Waals surface area contributed by atoms with Crippen LogP contribution in [0.5, 0.6) is 0 Å².